The van der Waals surface area contributed by atoms with Crippen molar-refractivity contribution in [2.24, 2.45) is 0 Å². The minimum Gasteiger partial charge on any atom is -0.353 e. The van der Waals surface area contributed by atoms with Gasteiger partial charge in [-0.3, -0.25) is 4.90 Å². The van der Waals surface area contributed by atoms with Crippen LogP contribution in [0.1, 0.15) is 30.0 Å². The standard InChI is InChI=1S/C21H19ClF3N5O/c22-15-9-26-18-17(15)19(28-12-27-18)29-7-8-30(20(11-29)5-6-20)16(10-31)13-1-3-14(4-2-13)21(23,24)25/h1-4,9-10,12,16H,5-8,11H2,(H,26,27,28). The quantitative estimate of drug-likeness (QED) is 0.604. The van der Waals surface area contributed by atoms with Crippen LogP contribution in [0.5, 0.6) is 0 Å². The molecule has 1 aliphatic heterocycles. The molecule has 2 aliphatic rings. The number of hydrogen-bond acceptors (Lipinski definition) is 5. The van der Waals surface area contributed by atoms with Gasteiger partial charge in [0.15, 0.2) is 0 Å². The van der Waals surface area contributed by atoms with Crippen LogP contribution in [0.15, 0.2) is 36.8 Å². The van der Waals surface area contributed by atoms with Crippen molar-refractivity contribution in [2.75, 3.05) is 24.5 Å². The lowest BCUT2D eigenvalue weighted by Crippen LogP contribution is -2.56. The van der Waals surface area contributed by atoms with E-state index in [0.29, 0.717) is 35.9 Å². The highest BCUT2D eigenvalue weighted by Gasteiger charge is 2.54. The molecule has 1 N–H and O–H groups in total. The van der Waals surface area contributed by atoms with Gasteiger partial charge in [0.1, 0.15) is 24.1 Å². The molecule has 5 rings (SSSR count). The molecule has 1 aliphatic carbocycles. The molecule has 2 aromatic heterocycles. The molecule has 1 saturated carbocycles. The molecule has 1 aromatic carbocycles. The summed E-state index contributed by atoms with van der Waals surface area (Å²) < 4.78 is 38.7. The number of benzene rings is 1. The summed E-state index contributed by atoms with van der Waals surface area (Å²) in [6, 6.07) is 4.28. The Labute approximate surface area is 181 Å². The normalized spacial score (nSPS) is 19.7. The Kier molecular flexibility index (Phi) is 4.71. The first-order chi connectivity index (χ1) is 14.8. The van der Waals surface area contributed by atoms with E-state index in [9.17, 15) is 18.0 Å². The Morgan fingerprint density at radius 1 is 1.16 bits per heavy atom. The van der Waals surface area contributed by atoms with Crippen LogP contribution in [0, 0.1) is 0 Å². The molecule has 31 heavy (non-hydrogen) atoms. The summed E-state index contributed by atoms with van der Waals surface area (Å²) in [5.41, 5.74) is 0.300. The molecular weight excluding hydrogens is 431 g/mol. The van der Waals surface area contributed by atoms with Crippen molar-refractivity contribution in [1.29, 1.82) is 0 Å². The van der Waals surface area contributed by atoms with Crippen LogP contribution < -0.4 is 4.90 Å². The summed E-state index contributed by atoms with van der Waals surface area (Å²) in [6.45, 7) is 1.85. The van der Waals surface area contributed by atoms with Gasteiger partial charge in [-0.25, -0.2) is 9.97 Å². The fourth-order valence-electron chi connectivity index (χ4n) is 4.55. The molecule has 2 fully saturated rings. The minimum atomic E-state index is -4.40. The minimum absolute atomic E-state index is 0.216. The zero-order valence-electron chi connectivity index (χ0n) is 16.4. The molecule has 3 aromatic rings. The van der Waals surface area contributed by atoms with Gasteiger partial charge in [-0.05, 0) is 30.5 Å². The van der Waals surface area contributed by atoms with E-state index in [1.165, 1.54) is 18.5 Å². The topological polar surface area (TPSA) is 65.1 Å². The van der Waals surface area contributed by atoms with E-state index in [1.54, 1.807) is 6.20 Å². The van der Waals surface area contributed by atoms with Crippen molar-refractivity contribution in [2.45, 2.75) is 30.6 Å². The Bertz CT molecular complexity index is 1130. The van der Waals surface area contributed by atoms with E-state index in [-0.39, 0.29) is 5.54 Å². The predicted octanol–water partition coefficient (Wildman–Crippen LogP) is 4.22. The third kappa shape index (κ3) is 3.45. The van der Waals surface area contributed by atoms with Crippen molar-refractivity contribution >= 4 is 34.7 Å². The lowest BCUT2D eigenvalue weighted by atomic mass is 9.99. The number of carbonyl (C=O) groups is 1. The van der Waals surface area contributed by atoms with Crippen LogP contribution in [0.4, 0.5) is 19.0 Å². The first-order valence-corrected chi connectivity index (χ1v) is 10.3. The van der Waals surface area contributed by atoms with Crippen LogP contribution in [0.2, 0.25) is 5.02 Å². The second kappa shape index (κ2) is 7.20. The number of aromatic amines is 1. The number of halogens is 4. The van der Waals surface area contributed by atoms with Crippen LogP contribution >= 0.6 is 11.6 Å². The van der Waals surface area contributed by atoms with Gasteiger partial charge in [-0.1, -0.05) is 23.7 Å². The molecule has 3 heterocycles. The number of aldehydes is 1. The smallest absolute Gasteiger partial charge is 0.353 e. The lowest BCUT2D eigenvalue weighted by Gasteiger charge is -2.45. The molecule has 10 heteroatoms. The average Bonchev–Trinajstić information content (AvgIpc) is 3.42. The number of nitrogens with zero attached hydrogens (tertiary/aromatic N) is 4. The third-order valence-electron chi connectivity index (χ3n) is 6.28. The fraction of sp³-hybridized carbons (Fsp3) is 0.381. The number of anilines is 1. The second-order valence-corrected chi connectivity index (χ2v) is 8.50. The number of rotatable bonds is 4. The zero-order valence-corrected chi connectivity index (χ0v) is 17.1. The van der Waals surface area contributed by atoms with E-state index in [4.69, 9.17) is 11.6 Å². The molecule has 1 atom stereocenters. The molecule has 0 amide bonds. The molecule has 1 unspecified atom stereocenters. The Morgan fingerprint density at radius 3 is 2.55 bits per heavy atom. The summed E-state index contributed by atoms with van der Waals surface area (Å²) in [6.07, 6.45) is 1.41. The number of fused-ring (bicyclic) bond motifs is 1. The number of aromatic nitrogens is 3. The van der Waals surface area contributed by atoms with Gasteiger partial charge in [0, 0.05) is 31.4 Å². The van der Waals surface area contributed by atoms with Crippen LogP contribution in [-0.2, 0) is 11.0 Å². The van der Waals surface area contributed by atoms with E-state index in [0.717, 1.165) is 42.5 Å². The van der Waals surface area contributed by atoms with Gasteiger partial charge >= 0.3 is 6.18 Å². The van der Waals surface area contributed by atoms with Gasteiger partial charge in [0.25, 0.3) is 0 Å². The van der Waals surface area contributed by atoms with Gasteiger partial charge in [0.05, 0.1) is 22.0 Å². The maximum atomic E-state index is 12.9. The first-order valence-electron chi connectivity index (χ1n) is 9.94. The van der Waals surface area contributed by atoms with Crippen LogP contribution in [0.3, 0.4) is 0 Å². The maximum Gasteiger partial charge on any atom is 0.416 e. The van der Waals surface area contributed by atoms with Gasteiger partial charge in [0.2, 0.25) is 0 Å². The van der Waals surface area contributed by atoms with Crippen molar-refractivity contribution in [3.8, 4) is 0 Å². The molecular formula is C21H19ClF3N5O. The van der Waals surface area contributed by atoms with Crippen LogP contribution in [-0.4, -0.2) is 51.3 Å². The summed E-state index contributed by atoms with van der Waals surface area (Å²) >= 11 is 6.34. The molecule has 1 saturated heterocycles. The van der Waals surface area contributed by atoms with Crippen molar-refractivity contribution in [1.82, 2.24) is 19.9 Å². The summed E-state index contributed by atoms with van der Waals surface area (Å²) in [7, 11) is 0. The third-order valence-corrected chi connectivity index (χ3v) is 6.58. The van der Waals surface area contributed by atoms with Crippen LogP contribution in [0.25, 0.3) is 11.0 Å². The number of piperazine rings is 1. The van der Waals surface area contributed by atoms with Crippen molar-refractivity contribution in [3.63, 3.8) is 0 Å². The molecule has 1 spiro atoms. The summed E-state index contributed by atoms with van der Waals surface area (Å²) in [4.78, 5) is 28.0. The Hall–Kier alpha value is -2.65. The van der Waals surface area contributed by atoms with E-state index in [2.05, 4.69) is 24.8 Å². The molecule has 6 nitrogen and oxygen atoms in total. The summed E-state index contributed by atoms with van der Waals surface area (Å²) in [5.74, 6) is 0.749. The Morgan fingerprint density at radius 2 is 1.90 bits per heavy atom. The first kappa shape index (κ1) is 20.3. The van der Waals surface area contributed by atoms with Gasteiger partial charge in [-0.2, -0.15) is 13.2 Å². The molecule has 0 radical (unpaired) electrons. The highest BCUT2D eigenvalue weighted by molar-refractivity contribution is 6.36. The van der Waals surface area contributed by atoms with Gasteiger partial charge < -0.3 is 14.7 Å². The predicted molar refractivity (Wildman–Crippen MR) is 110 cm³/mol. The second-order valence-electron chi connectivity index (χ2n) is 8.10. The van der Waals surface area contributed by atoms with E-state index in [1.807, 2.05) is 0 Å². The average molecular weight is 450 g/mol. The highest BCUT2D eigenvalue weighted by Crippen LogP contribution is 2.49. The molecule has 162 valence electrons. The van der Waals surface area contributed by atoms with Crippen molar-refractivity contribution < 1.29 is 18.0 Å². The Balaban J connectivity index is 1.41. The lowest BCUT2D eigenvalue weighted by molar-refractivity contribution is -0.137. The fourth-order valence-corrected chi connectivity index (χ4v) is 4.77. The number of H-pyrrole nitrogens is 1. The van der Waals surface area contributed by atoms with Crippen molar-refractivity contribution in [3.05, 3.63) is 52.9 Å². The maximum absolute atomic E-state index is 12.9. The summed E-state index contributed by atoms with van der Waals surface area (Å²) in [5, 5.41) is 1.32. The van der Waals surface area contributed by atoms with E-state index >= 15 is 0 Å². The molecule has 0 bridgehead atoms. The SMILES string of the molecule is O=CC(c1ccc(C(F)(F)F)cc1)N1CCN(c2ncnc3[nH]cc(Cl)c23)CC12CC2. The number of alkyl halides is 3. The number of carbonyl (C=O) groups excluding carboxylic acids is 1. The van der Waals surface area contributed by atoms with E-state index < -0.39 is 17.8 Å². The number of hydrogen-bond donors (Lipinski definition) is 1. The highest BCUT2D eigenvalue weighted by atomic mass is 35.5. The largest absolute Gasteiger partial charge is 0.416 e. The monoisotopic (exact) mass is 449 g/mol. The van der Waals surface area contributed by atoms with Gasteiger partial charge in [-0.15, -0.1) is 0 Å². The zero-order chi connectivity index (χ0) is 21.8. The number of nitrogens with one attached hydrogen (secondary N) is 1.